The highest BCUT2D eigenvalue weighted by Crippen LogP contribution is 2.36. The van der Waals surface area contributed by atoms with Crippen molar-refractivity contribution >= 4 is 15.9 Å². The Morgan fingerprint density at radius 2 is 1.86 bits per heavy atom. The van der Waals surface area contributed by atoms with Crippen LogP contribution in [0.5, 0.6) is 11.5 Å². The van der Waals surface area contributed by atoms with Crippen LogP contribution in [0.3, 0.4) is 0 Å². The summed E-state index contributed by atoms with van der Waals surface area (Å²) in [5.41, 5.74) is 1.14. The average Bonchev–Trinajstić information content (AvgIpc) is 2.49. The van der Waals surface area contributed by atoms with Crippen molar-refractivity contribution in [2.75, 3.05) is 47.2 Å². The van der Waals surface area contributed by atoms with Gasteiger partial charge in [0, 0.05) is 13.7 Å². The van der Waals surface area contributed by atoms with E-state index in [0.717, 1.165) is 23.1 Å². The summed E-state index contributed by atoms with van der Waals surface area (Å²) in [4.78, 5) is 0. The number of ether oxygens (including phenoxy) is 4. The number of benzene rings is 1. The molecule has 0 heterocycles. The molecule has 0 aromatic heterocycles. The lowest BCUT2D eigenvalue weighted by atomic mass is 10.2. The Balaban J connectivity index is 2.56. The second kappa shape index (κ2) is 10.8. The summed E-state index contributed by atoms with van der Waals surface area (Å²) in [5, 5.41) is 3.29. The lowest BCUT2D eigenvalue weighted by Crippen LogP contribution is -2.13. The highest BCUT2D eigenvalue weighted by molar-refractivity contribution is 9.10. The Hall–Kier alpha value is -0.820. The second-order valence-electron chi connectivity index (χ2n) is 4.34. The minimum atomic E-state index is 0.464. The van der Waals surface area contributed by atoms with Gasteiger partial charge in [0.25, 0.3) is 0 Å². The van der Waals surface area contributed by atoms with Crippen LogP contribution in [0.2, 0.25) is 0 Å². The van der Waals surface area contributed by atoms with Crippen LogP contribution >= 0.6 is 15.9 Å². The average molecular weight is 362 g/mol. The predicted octanol–water partition coefficient (Wildman–Crippen LogP) is 2.61. The van der Waals surface area contributed by atoms with E-state index in [1.54, 1.807) is 14.2 Å². The molecule has 0 amide bonds. The van der Waals surface area contributed by atoms with Crippen LogP contribution in [0, 0.1) is 0 Å². The van der Waals surface area contributed by atoms with Crippen molar-refractivity contribution in [3.63, 3.8) is 0 Å². The minimum absolute atomic E-state index is 0.464. The van der Waals surface area contributed by atoms with Crippen molar-refractivity contribution in [2.45, 2.75) is 13.5 Å². The molecule has 0 aliphatic carbocycles. The molecule has 5 nitrogen and oxygen atoms in total. The van der Waals surface area contributed by atoms with Gasteiger partial charge in [0.05, 0.1) is 31.4 Å². The largest absolute Gasteiger partial charge is 0.493 e. The molecule has 1 aromatic carbocycles. The molecule has 6 heteroatoms. The first kappa shape index (κ1) is 18.2. The van der Waals surface area contributed by atoms with Gasteiger partial charge in [-0.2, -0.15) is 0 Å². The summed E-state index contributed by atoms with van der Waals surface area (Å²) in [6.45, 7) is 5.94. The fraction of sp³-hybridized carbons (Fsp3) is 0.600. The molecule has 0 saturated heterocycles. The van der Waals surface area contributed by atoms with Crippen molar-refractivity contribution in [2.24, 2.45) is 0 Å². The third-order valence-electron chi connectivity index (χ3n) is 2.77. The highest BCUT2D eigenvalue weighted by atomic mass is 79.9. The maximum absolute atomic E-state index is 5.74. The molecule has 0 radical (unpaired) electrons. The fourth-order valence-electron chi connectivity index (χ4n) is 1.73. The van der Waals surface area contributed by atoms with E-state index < -0.39 is 0 Å². The normalized spacial score (nSPS) is 10.7. The summed E-state index contributed by atoms with van der Waals surface area (Å²) in [5.74, 6) is 1.42. The Labute approximate surface area is 135 Å². The minimum Gasteiger partial charge on any atom is -0.493 e. The Morgan fingerprint density at radius 1 is 1.10 bits per heavy atom. The molecule has 0 bridgehead atoms. The van der Waals surface area contributed by atoms with Crippen molar-refractivity contribution in [1.29, 1.82) is 0 Å². The van der Waals surface area contributed by atoms with Crippen LogP contribution in [0.4, 0.5) is 0 Å². The zero-order valence-electron chi connectivity index (χ0n) is 12.9. The standard InChI is InChI=1S/C15H24BrNO4/c1-4-17-11-12-9-13(16)15(14(10-12)19-3)21-8-7-20-6-5-18-2/h9-10,17H,4-8,11H2,1-3H3. The Bertz CT molecular complexity index is 415. The van der Waals surface area contributed by atoms with E-state index in [4.69, 9.17) is 18.9 Å². The molecule has 0 atom stereocenters. The number of nitrogens with one attached hydrogen (secondary N) is 1. The Morgan fingerprint density at radius 3 is 2.52 bits per heavy atom. The molecule has 1 rings (SSSR count). The zero-order valence-corrected chi connectivity index (χ0v) is 14.5. The maximum atomic E-state index is 5.74. The number of halogens is 1. The van der Waals surface area contributed by atoms with Crippen LogP contribution in [0.25, 0.3) is 0 Å². The van der Waals surface area contributed by atoms with Gasteiger partial charge in [0.2, 0.25) is 0 Å². The van der Waals surface area contributed by atoms with Gasteiger partial charge < -0.3 is 24.3 Å². The molecule has 120 valence electrons. The molecule has 1 N–H and O–H groups in total. The number of hydrogen-bond donors (Lipinski definition) is 1. The van der Waals surface area contributed by atoms with Crippen LogP contribution < -0.4 is 14.8 Å². The number of methoxy groups -OCH3 is 2. The number of hydrogen-bond acceptors (Lipinski definition) is 5. The smallest absolute Gasteiger partial charge is 0.175 e. The topological polar surface area (TPSA) is 49.0 Å². The summed E-state index contributed by atoms with van der Waals surface area (Å²) in [6, 6.07) is 4.01. The Kier molecular flexibility index (Phi) is 9.41. The summed E-state index contributed by atoms with van der Waals surface area (Å²) in [7, 11) is 3.29. The van der Waals surface area contributed by atoms with Gasteiger partial charge in [-0.05, 0) is 40.2 Å². The molecule has 21 heavy (non-hydrogen) atoms. The molecule has 0 spiro atoms. The first-order valence-electron chi connectivity index (χ1n) is 6.99. The third kappa shape index (κ3) is 6.65. The van der Waals surface area contributed by atoms with Gasteiger partial charge in [-0.25, -0.2) is 0 Å². The first-order chi connectivity index (χ1) is 10.2. The molecule has 0 unspecified atom stereocenters. The van der Waals surface area contributed by atoms with Gasteiger partial charge in [-0.3, -0.25) is 0 Å². The lowest BCUT2D eigenvalue weighted by Gasteiger charge is -2.14. The van der Waals surface area contributed by atoms with E-state index in [9.17, 15) is 0 Å². The fourth-order valence-corrected chi connectivity index (χ4v) is 2.34. The predicted molar refractivity (Wildman–Crippen MR) is 86.3 cm³/mol. The van der Waals surface area contributed by atoms with Crippen molar-refractivity contribution in [3.8, 4) is 11.5 Å². The van der Waals surface area contributed by atoms with E-state index in [2.05, 4.69) is 28.2 Å². The van der Waals surface area contributed by atoms with E-state index in [-0.39, 0.29) is 0 Å². The molecule has 0 aliphatic heterocycles. The molecular weight excluding hydrogens is 338 g/mol. The second-order valence-corrected chi connectivity index (χ2v) is 5.20. The van der Waals surface area contributed by atoms with Gasteiger partial charge in [0.1, 0.15) is 6.61 Å². The molecule has 0 aliphatic rings. The zero-order chi connectivity index (χ0) is 15.5. The summed E-state index contributed by atoms with van der Waals surface area (Å²) in [6.07, 6.45) is 0. The van der Waals surface area contributed by atoms with Crippen LogP contribution in [0.1, 0.15) is 12.5 Å². The summed E-state index contributed by atoms with van der Waals surface area (Å²) >= 11 is 3.53. The molecular formula is C15H24BrNO4. The molecule has 1 aromatic rings. The molecule has 0 saturated carbocycles. The lowest BCUT2D eigenvalue weighted by molar-refractivity contribution is 0.0538. The van der Waals surface area contributed by atoms with Crippen molar-refractivity contribution < 1.29 is 18.9 Å². The van der Waals surface area contributed by atoms with E-state index in [1.165, 1.54) is 0 Å². The van der Waals surface area contributed by atoms with E-state index in [0.29, 0.717) is 37.9 Å². The van der Waals surface area contributed by atoms with Crippen molar-refractivity contribution in [3.05, 3.63) is 22.2 Å². The molecule has 0 fully saturated rings. The van der Waals surface area contributed by atoms with Crippen molar-refractivity contribution in [1.82, 2.24) is 5.32 Å². The summed E-state index contributed by atoms with van der Waals surface area (Å²) < 4.78 is 22.3. The van der Waals surface area contributed by atoms with Crippen LogP contribution in [-0.2, 0) is 16.0 Å². The van der Waals surface area contributed by atoms with Gasteiger partial charge in [-0.1, -0.05) is 6.92 Å². The number of rotatable bonds is 11. The third-order valence-corrected chi connectivity index (χ3v) is 3.36. The monoisotopic (exact) mass is 361 g/mol. The van der Waals surface area contributed by atoms with Gasteiger partial charge >= 0.3 is 0 Å². The van der Waals surface area contributed by atoms with E-state index in [1.807, 2.05) is 12.1 Å². The first-order valence-corrected chi connectivity index (χ1v) is 7.78. The van der Waals surface area contributed by atoms with Crippen LogP contribution in [-0.4, -0.2) is 47.2 Å². The SMILES string of the molecule is CCNCc1cc(Br)c(OCCOCCOC)c(OC)c1. The van der Waals surface area contributed by atoms with E-state index >= 15 is 0 Å². The van der Waals surface area contributed by atoms with Crippen LogP contribution in [0.15, 0.2) is 16.6 Å². The highest BCUT2D eigenvalue weighted by Gasteiger charge is 2.11. The van der Waals surface area contributed by atoms with Gasteiger partial charge in [-0.15, -0.1) is 0 Å². The maximum Gasteiger partial charge on any atom is 0.175 e. The quantitative estimate of drug-likeness (QED) is 0.614. The van der Waals surface area contributed by atoms with Gasteiger partial charge in [0.15, 0.2) is 11.5 Å².